The van der Waals surface area contributed by atoms with Crippen LogP contribution in [0, 0.1) is 5.41 Å². The zero-order valence-corrected chi connectivity index (χ0v) is 13.7. The van der Waals surface area contributed by atoms with Gasteiger partial charge >= 0.3 is 6.18 Å². The molecular weight excluding hydrogens is 317 g/mol. The van der Waals surface area contributed by atoms with Crippen LogP contribution in [0.25, 0.3) is 0 Å². The van der Waals surface area contributed by atoms with Gasteiger partial charge in [0, 0.05) is 25.7 Å². The third-order valence-electron chi connectivity index (χ3n) is 5.87. The molecule has 3 aliphatic rings. The first kappa shape index (κ1) is 15.9. The monoisotopic (exact) mass is 338 g/mol. The number of piperidine rings is 1. The summed E-state index contributed by atoms with van der Waals surface area (Å²) in [5, 5.41) is 0. The molecule has 3 nitrogen and oxygen atoms in total. The number of likely N-dealkylation sites (tertiary alicyclic amines) is 1. The lowest BCUT2D eigenvalue weighted by atomic mass is 9.93. The zero-order chi connectivity index (χ0) is 17.1. The summed E-state index contributed by atoms with van der Waals surface area (Å²) in [7, 11) is 1.54. The second-order valence-electron chi connectivity index (χ2n) is 7.60. The summed E-state index contributed by atoms with van der Waals surface area (Å²) < 4.78 is 40.3. The van der Waals surface area contributed by atoms with Gasteiger partial charge in [-0.15, -0.1) is 0 Å². The van der Waals surface area contributed by atoms with Crippen molar-refractivity contribution in [1.29, 1.82) is 0 Å². The lowest BCUT2D eigenvalue weighted by Gasteiger charge is -2.32. The van der Waals surface area contributed by atoms with Crippen molar-refractivity contribution in [2.45, 2.75) is 44.9 Å². The molecule has 130 valence electrons. The van der Waals surface area contributed by atoms with Crippen molar-refractivity contribution in [3.8, 4) is 0 Å². The Morgan fingerprint density at radius 1 is 1.12 bits per heavy atom. The lowest BCUT2D eigenvalue weighted by Crippen LogP contribution is -2.34. The maximum atomic E-state index is 13.4. The van der Waals surface area contributed by atoms with Gasteiger partial charge in [-0.2, -0.15) is 13.2 Å². The zero-order valence-electron chi connectivity index (χ0n) is 13.7. The molecule has 6 heteroatoms. The topological polar surface area (TPSA) is 23.6 Å². The summed E-state index contributed by atoms with van der Waals surface area (Å²) >= 11 is 0. The number of fused-ring (bicyclic) bond motifs is 1. The van der Waals surface area contributed by atoms with E-state index in [1.807, 2.05) is 0 Å². The number of carbonyl (C=O) groups is 1. The number of carbonyl (C=O) groups excluding carboxylic acids is 1. The van der Waals surface area contributed by atoms with Gasteiger partial charge in [0.25, 0.3) is 5.91 Å². The smallest absolute Gasteiger partial charge is 0.337 e. The number of hydrogen-bond donors (Lipinski definition) is 0. The number of nitrogens with zero attached hydrogens (tertiary/aromatic N) is 2. The van der Waals surface area contributed by atoms with E-state index in [2.05, 4.69) is 4.90 Å². The van der Waals surface area contributed by atoms with Crippen LogP contribution in [-0.2, 0) is 19.3 Å². The van der Waals surface area contributed by atoms with Crippen molar-refractivity contribution in [2.75, 3.05) is 20.1 Å². The molecule has 1 saturated heterocycles. The van der Waals surface area contributed by atoms with Gasteiger partial charge in [-0.05, 0) is 67.4 Å². The number of halogens is 3. The highest BCUT2D eigenvalue weighted by molar-refractivity contribution is 5.98. The molecule has 2 aliphatic heterocycles. The Bertz CT molecular complexity index is 684. The molecule has 0 unspecified atom stereocenters. The number of benzene rings is 1. The fraction of sp³-hybridized carbons (Fsp3) is 0.611. The van der Waals surface area contributed by atoms with E-state index in [1.54, 1.807) is 13.1 Å². The van der Waals surface area contributed by atoms with E-state index in [1.165, 1.54) is 23.8 Å². The predicted molar refractivity (Wildman–Crippen MR) is 83.4 cm³/mol. The number of rotatable bonds is 2. The first-order valence-electron chi connectivity index (χ1n) is 8.48. The molecule has 0 aromatic heterocycles. The van der Waals surface area contributed by atoms with Gasteiger partial charge in [-0.1, -0.05) is 0 Å². The molecule has 1 aromatic rings. The van der Waals surface area contributed by atoms with Crippen LogP contribution in [0.4, 0.5) is 13.2 Å². The maximum absolute atomic E-state index is 13.4. The van der Waals surface area contributed by atoms with Crippen LogP contribution in [0.5, 0.6) is 0 Å². The van der Waals surface area contributed by atoms with Gasteiger partial charge < -0.3 is 4.90 Å². The van der Waals surface area contributed by atoms with Gasteiger partial charge in [-0.25, -0.2) is 0 Å². The quantitative estimate of drug-likeness (QED) is 0.821. The molecule has 0 bridgehead atoms. The summed E-state index contributed by atoms with van der Waals surface area (Å²) in [5.74, 6) is -0.312. The van der Waals surface area contributed by atoms with Gasteiger partial charge in [0.05, 0.1) is 5.56 Å². The predicted octanol–water partition coefficient (Wildman–Crippen LogP) is 3.67. The van der Waals surface area contributed by atoms with Crippen molar-refractivity contribution in [1.82, 2.24) is 9.80 Å². The summed E-state index contributed by atoms with van der Waals surface area (Å²) in [6, 6.07) is 2.91. The molecular formula is C18H21F3N2O. The third-order valence-corrected chi connectivity index (χ3v) is 5.87. The first-order valence-corrected chi connectivity index (χ1v) is 8.48. The van der Waals surface area contributed by atoms with Gasteiger partial charge in [0.15, 0.2) is 0 Å². The summed E-state index contributed by atoms with van der Waals surface area (Å²) in [6.45, 7) is 2.40. The minimum atomic E-state index is -4.43. The lowest BCUT2D eigenvalue weighted by molar-refractivity contribution is -0.138. The standard InChI is InChI=1S/C18H21F3N2O/c1-22-11-14-13(16(22)24)8-12(9-15(14)18(19,20)21)10-23-6-4-17(2-3-17)5-7-23/h8-9H,2-7,10-11H2,1H3. The van der Waals surface area contributed by atoms with E-state index in [4.69, 9.17) is 0 Å². The molecule has 1 saturated carbocycles. The average molecular weight is 338 g/mol. The highest BCUT2D eigenvalue weighted by atomic mass is 19.4. The molecule has 0 N–H and O–H groups in total. The fourth-order valence-electron chi connectivity index (χ4n) is 4.07. The van der Waals surface area contributed by atoms with E-state index >= 15 is 0 Å². The Morgan fingerprint density at radius 3 is 2.38 bits per heavy atom. The normalized spacial score (nSPS) is 23.0. The molecule has 2 fully saturated rings. The Labute approximate surface area is 139 Å². The van der Waals surface area contributed by atoms with E-state index < -0.39 is 11.7 Å². The van der Waals surface area contributed by atoms with Crippen molar-refractivity contribution in [2.24, 2.45) is 5.41 Å². The summed E-state index contributed by atoms with van der Waals surface area (Å²) in [6.07, 6.45) is 0.473. The van der Waals surface area contributed by atoms with E-state index in [9.17, 15) is 18.0 Å². The van der Waals surface area contributed by atoms with Crippen LogP contribution >= 0.6 is 0 Å². The molecule has 0 radical (unpaired) electrons. The van der Waals surface area contributed by atoms with Crippen LogP contribution in [0.3, 0.4) is 0 Å². The van der Waals surface area contributed by atoms with Gasteiger partial charge in [0.1, 0.15) is 0 Å². The Hall–Kier alpha value is -1.56. The molecule has 1 amide bonds. The van der Waals surface area contributed by atoms with Crippen LogP contribution < -0.4 is 0 Å². The molecule has 1 aromatic carbocycles. The molecule has 0 atom stereocenters. The number of hydrogen-bond acceptors (Lipinski definition) is 2. The first-order chi connectivity index (χ1) is 11.3. The summed E-state index contributed by atoms with van der Waals surface area (Å²) in [4.78, 5) is 15.7. The van der Waals surface area contributed by atoms with E-state index in [-0.39, 0.29) is 23.6 Å². The molecule has 4 rings (SSSR count). The molecule has 24 heavy (non-hydrogen) atoms. The highest BCUT2D eigenvalue weighted by Crippen LogP contribution is 2.53. The minimum Gasteiger partial charge on any atom is -0.337 e. The maximum Gasteiger partial charge on any atom is 0.416 e. The minimum absolute atomic E-state index is 0.0372. The molecule has 2 heterocycles. The molecule has 1 spiro atoms. The Morgan fingerprint density at radius 2 is 1.79 bits per heavy atom. The second-order valence-corrected chi connectivity index (χ2v) is 7.60. The van der Waals surface area contributed by atoms with Crippen molar-refractivity contribution >= 4 is 5.91 Å². The number of alkyl halides is 3. The number of amides is 1. The largest absolute Gasteiger partial charge is 0.416 e. The van der Waals surface area contributed by atoms with Crippen LogP contribution in [0.1, 0.15) is 52.7 Å². The fourth-order valence-corrected chi connectivity index (χ4v) is 4.07. The van der Waals surface area contributed by atoms with Gasteiger partial charge in [0.2, 0.25) is 0 Å². The molecule has 1 aliphatic carbocycles. The highest BCUT2D eigenvalue weighted by Gasteiger charge is 2.44. The second kappa shape index (κ2) is 5.22. The van der Waals surface area contributed by atoms with Crippen molar-refractivity contribution in [3.05, 3.63) is 34.4 Å². The van der Waals surface area contributed by atoms with E-state index in [0.717, 1.165) is 25.9 Å². The van der Waals surface area contributed by atoms with Crippen molar-refractivity contribution in [3.63, 3.8) is 0 Å². The Balaban J connectivity index is 1.61. The van der Waals surface area contributed by atoms with Crippen LogP contribution in [-0.4, -0.2) is 35.8 Å². The van der Waals surface area contributed by atoms with Crippen LogP contribution in [0.2, 0.25) is 0 Å². The average Bonchev–Trinajstić information content (AvgIpc) is 3.22. The third kappa shape index (κ3) is 2.70. The SMILES string of the molecule is CN1Cc2c(cc(CN3CCC4(CC3)CC4)cc2C(F)(F)F)C1=O. The summed E-state index contributed by atoms with van der Waals surface area (Å²) in [5.41, 5.74) is 0.830. The van der Waals surface area contributed by atoms with E-state index in [0.29, 0.717) is 17.5 Å². The van der Waals surface area contributed by atoms with Crippen molar-refractivity contribution < 1.29 is 18.0 Å². The van der Waals surface area contributed by atoms with Gasteiger partial charge in [-0.3, -0.25) is 9.69 Å². The van der Waals surface area contributed by atoms with Crippen LogP contribution in [0.15, 0.2) is 12.1 Å². The Kier molecular flexibility index (Phi) is 3.46.